The molecule has 0 bridgehead atoms. The monoisotopic (exact) mass is 455 g/mol. The lowest BCUT2D eigenvalue weighted by Gasteiger charge is -2.20. The maximum atomic E-state index is 12.7. The Morgan fingerprint density at radius 2 is 2.00 bits per heavy atom. The number of hydrogen-bond acceptors (Lipinski definition) is 5. The van der Waals surface area contributed by atoms with Gasteiger partial charge in [0.25, 0.3) is 5.91 Å². The second-order valence-corrected chi connectivity index (χ2v) is 8.07. The first-order valence-electron chi connectivity index (χ1n) is 8.68. The van der Waals surface area contributed by atoms with Crippen LogP contribution in [0.25, 0.3) is 11.8 Å². The van der Waals surface area contributed by atoms with Gasteiger partial charge in [-0.2, -0.15) is 15.1 Å². The fourth-order valence-corrected chi connectivity index (χ4v) is 4.17. The minimum absolute atomic E-state index is 0.0547. The van der Waals surface area contributed by atoms with Gasteiger partial charge in [-0.3, -0.25) is 10.2 Å². The molecule has 7 nitrogen and oxygen atoms in total. The zero-order chi connectivity index (χ0) is 20.8. The average molecular weight is 456 g/mol. The highest BCUT2D eigenvalue weighted by Gasteiger charge is 2.36. The van der Waals surface area contributed by atoms with Crippen LogP contribution in [0, 0.1) is 5.41 Å². The molecular formula is C20H11Cl2N5O2S. The Labute approximate surface area is 184 Å². The van der Waals surface area contributed by atoms with Crippen molar-refractivity contribution < 1.29 is 9.21 Å². The molecule has 1 aromatic carbocycles. The van der Waals surface area contributed by atoms with Crippen molar-refractivity contribution in [2.24, 2.45) is 10.1 Å². The van der Waals surface area contributed by atoms with Crippen LogP contribution in [0.3, 0.4) is 0 Å². The second kappa shape index (κ2) is 7.32. The fraction of sp³-hybridized carbons (Fsp3) is 0. The van der Waals surface area contributed by atoms with Crippen molar-refractivity contribution in [2.75, 3.05) is 0 Å². The Kier molecular flexibility index (Phi) is 4.62. The predicted octanol–water partition coefficient (Wildman–Crippen LogP) is 5.04. The van der Waals surface area contributed by atoms with E-state index in [0.29, 0.717) is 31.7 Å². The lowest BCUT2D eigenvalue weighted by Crippen LogP contribution is -2.35. The summed E-state index contributed by atoms with van der Waals surface area (Å²) in [5.41, 5.74) is 1.58. The van der Waals surface area contributed by atoms with Gasteiger partial charge in [-0.1, -0.05) is 23.2 Å². The van der Waals surface area contributed by atoms with Gasteiger partial charge in [0.15, 0.2) is 16.6 Å². The lowest BCUT2D eigenvalue weighted by molar-refractivity contribution is -0.114. The summed E-state index contributed by atoms with van der Waals surface area (Å²) in [5, 5.41) is 16.0. The molecule has 0 saturated carbocycles. The molecule has 4 heterocycles. The number of hydrazone groups is 1. The standard InChI is InChI=1S/C20H11Cl2N5O2S/c21-14-6-5-12(10-15(14)22)26-7-1-3-11(26)9-13-17(23)27-20(24-18(13)28)30-19(25-27)16-4-2-8-29-16/h1-10,23H/b13-9+,23-17?. The van der Waals surface area contributed by atoms with Gasteiger partial charge in [0.05, 0.1) is 21.9 Å². The highest BCUT2D eigenvalue weighted by Crippen LogP contribution is 2.31. The quantitative estimate of drug-likeness (QED) is 0.560. The zero-order valence-electron chi connectivity index (χ0n) is 15.0. The zero-order valence-corrected chi connectivity index (χ0v) is 17.4. The van der Waals surface area contributed by atoms with E-state index >= 15 is 0 Å². The molecule has 0 saturated heterocycles. The number of thioether (sulfide) groups is 1. The number of nitrogens with zero attached hydrogens (tertiary/aromatic N) is 4. The number of fused-ring (bicyclic) bond motifs is 1. The van der Waals surface area contributed by atoms with Crippen LogP contribution in [-0.4, -0.2) is 31.5 Å². The van der Waals surface area contributed by atoms with Crippen molar-refractivity contribution in [1.29, 1.82) is 5.41 Å². The van der Waals surface area contributed by atoms with Crippen LogP contribution in [0.4, 0.5) is 0 Å². The highest BCUT2D eigenvalue weighted by molar-refractivity contribution is 8.27. The summed E-state index contributed by atoms with van der Waals surface area (Å²) in [4.78, 5) is 16.8. The van der Waals surface area contributed by atoms with Crippen LogP contribution in [-0.2, 0) is 4.79 Å². The molecule has 2 aliphatic rings. The molecule has 30 heavy (non-hydrogen) atoms. The van der Waals surface area contributed by atoms with Crippen LogP contribution >= 0.6 is 35.0 Å². The van der Waals surface area contributed by atoms with Crippen molar-refractivity contribution in [1.82, 2.24) is 9.58 Å². The van der Waals surface area contributed by atoms with E-state index in [0.717, 1.165) is 5.69 Å². The van der Waals surface area contributed by atoms with Gasteiger partial charge in [-0.25, -0.2) is 0 Å². The molecule has 148 valence electrons. The normalized spacial score (nSPS) is 17.4. The number of carbonyl (C=O) groups is 1. The van der Waals surface area contributed by atoms with Crippen molar-refractivity contribution in [3.8, 4) is 5.69 Å². The SMILES string of the molecule is N=C1/C(=C\c2cccn2-c2ccc(Cl)c(Cl)c2)C(=O)N=C2SC(c3ccco3)=NN12. The Bertz CT molecular complexity index is 1290. The number of halogens is 2. The molecule has 0 unspecified atom stereocenters. The van der Waals surface area contributed by atoms with Gasteiger partial charge < -0.3 is 8.98 Å². The van der Waals surface area contributed by atoms with E-state index in [1.54, 1.807) is 30.3 Å². The van der Waals surface area contributed by atoms with Gasteiger partial charge in [-0.05, 0) is 60.3 Å². The topological polar surface area (TPSA) is 86.9 Å². The average Bonchev–Trinajstić information content (AvgIpc) is 3.47. The van der Waals surface area contributed by atoms with Gasteiger partial charge in [0.1, 0.15) is 0 Å². The molecule has 10 heteroatoms. The molecule has 0 fully saturated rings. The third-order valence-electron chi connectivity index (χ3n) is 4.44. The Hall–Kier alpha value is -3.07. The minimum Gasteiger partial charge on any atom is -0.462 e. The number of nitrogens with one attached hydrogen (secondary N) is 1. The predicted molar refractivity (Wildman–Crippen MR) is 119 cm³/mol. The first-order valence-corrected chi connectivity index (χ1v) is 10.3. The van der Waals surface area contributed by atoms with E-state index in [2.05, 4.69) is 10.1 Å². The van der Waals surface area contributed by atoms with Crippen molar-refractivity contribution in [2.45, 2.75) is 0 Å². The molecule has 0 aliphatic carbocycles. The maximum Gasteiger partial charge on any atom is 0.283 e. The summed E-state index contributed by atoms with van der Waals surface area (Å²) in [5.74, 6) is -0.00569. The molecule has 0 radical (unpaired) electrons. The van der Waals surface area contributed by atoms with E-state index in [-0.39, 0.29) is 11.4 Å². The third kappa shape index (κ3) is 3.19. The summed E-state index contributed by atoms with van der Waals surface area (Å²) >= 11 is 13.3. The Morgan fingerprint density at radius 3 is 2.77 bits per heavy atom. The third-order valence-corrected chi connectivity index (χ3v) is 6.10. The summed E-state index contributed by atoms with van der Waals surface area (Å²) < 4.78 is 7.19. The van der Waals surface area contributed by atoms with Gasteiger partial charge in [0, 0.05) is 17.6 Å². The van der Waals surface area contributed by atoms with E-state index in [9.17, 15) is 4.79 Å². The number of rotatable bonds is 3. The molecule has 0 atom stereocenters. The molecule has 2 aromatic heterocycles. The Morgan fingerprint density at radius 1 is 1.13 bits per heavy atom. The van der Waals surface area contributed by atoms with Gasteiger partial charge >= 0.3 is 0 Å². The number of aromatic nitrogens is 1. The van der Waals surface area contributed by atoms with Crippen molar-refractivity contribution in [3.63, 3.8) is 0 Å². The van der Waals surface area contributed by atoms with E-state index in [4.69, 9.17) is 33.0 Å². The summed E-state index contributed by atoms with van der Waals surface area (Å²) in [7, 11) is 0. The number of amides is 1. The lowest BCUT2D eigenvalue weighted by atomic mass is 10.1. The van der Waals surface area contributed by atoms with Crippen LogP contribution in [0.2, 0.25) is 10.0 Å². The molecule has 1 amide bonds. The maximum absolute atomic E-state index is 12.7. The number of benzene rings is 1. The van der Waals surface area contributed by atoms with Crippen LogP contribution in [0.15, 0.2) is 75.0 Å². The van der Waals surface area contributed by atoms with Gasteiger partial charge in [0.2, 0.25) is 5.17 Å². The molecule has 2 aliphatic heterocycles. The van der Waals surface area contributed by atoms with E-state index in [1.807, 2.05) is 29.0 Å². The minimum atomic E-state index is -0.503. The smallest absolute Gasteiger partial charge is 0.283 e. The number of carbonyl (C=O) groups excluding carboxylic acids is 1. The first-order chi connectivity index (χ1) is 14.5. The number of furan rings is 1. The summed E-state index contributed by atoms with van der Waals surface area (Å²) in [6, 6.07) is 12.4. The van der Waals surface area contributed by atoms with Crippen molar-refractivity contribution >= 4 is 63.0 Å². The molecule has 1 N–H and O–H groups in total. The van der Waals surface area contributed by atoms with Crippen LogP contribution in [0.1, 0.15) is 11.5 Å². The second-order valence-electron chi connectivity index (χ2n) is 6.30. The van der Waals surface area contributed by atoms with Crippen LogP contribution < -0.4 is 0 Å². The molecular weight excluding hydrogens is 445 g/mol. The van der Waals surface area contributed by atoms with Gasteiger partial charge in [-0.15, -0.1) is 0 Å². The van der Waals surface area contributed by atoms with E-state index < -0.39 is 5.91 Å². The fourth-order valence-electron chi connectivity index (χ4n) is 3.02. The number of hydrogen-bond donors (Lipinski definition) is 1. The Balaban J connectivity index is 1.52. The van der Waals surface area contributed by atoms with Crippen molar-refractivity contribution in [3.05, 3.63) is 82.0 Å². The number of aliphatic imine (C=N–C) groups is 1. The van der Waals surface area contributed by atoms with E-state index in [1.165, 1.54) is 23.0 Å². The summed E-state index contributed by atoms with van der Waals surface area (Å²) in [6.45, 7) is 0. The number of amidine groups is 2. The van der Waals surface area contributed by atoms with Crippen LogP contribution in [0.5, 0.6) is 0 Å². The molecule has 3 aromatic rings. The first kappa shape index (κ1) is 18.9. The molecule has 0 spiro atoms. The highest BCUT2D eigenvalue weighted by atomic mass is 35.5. The molecule has 5 rings (SSSR count). The largest absolute Gasteiger partial charge is 0.462 e. The summed E-state index contributed by atoms with van der Waals surface area (Å²) in [6.07, 6.45) is 4.98.